The summed E-state index contributed by atoms with van der Waals surface area (Å²) >= 11 is 0. The van der Waals surface area contributed by atoms with E-state index in [2.05, 4.69) is 4.98 Å². The highest BCUT2D eigenvalue weighted by atomic mass is 16.3. The van der Waals surface area contributed by atoms with Gasteiger partial charge in [-0.1, -0.05) is 76.5 Å². The summed E-state index contributed by atoms with van der Waals surface area (Å²) in [5.41, 5.74) is -4.44. The summed E-state index contributed by atoms with van der Waals surface area (Å²) in [6.07, 6.45) is 0. The first kappa shape index (κ1) is 52.5. The standard InChI is InChI=1S/C43B26N4O/c44-10-2-3(12(46)22(56)21(55)11(2)45)20(54)36-4(10)5-13(47)23(57)32(66)33(67)37(5)73(36)38-34(68)28(62)14(48)6-1-7(15(49)29(63)35(69)39(1)74-40(6)38)41-70-42(8-16(50)24(58)30(64)25(59)17(8)51)72-43(71-41)9-18(52)26(60)31(65)27(61)19(9)53. The van der Waals surface area contributed by atoms with Gasteiger partial charge in [0.15, 0.2) is 23.1 Å². The van der Waals surface area contributed by atoms with E-state index in [9.17, 15) is 0 Å². The molecule has 3 heterocycles. The molecule has 31 heteroatoms. The van der Waals surface area contributed by atoms with Crippen LogP contribution in [0.25, 0.3) is 94.4 Å². The molecule has 0 saturated heterocycles. The van der Waals surface area contributed by atoms with Gasteiger partial charge in [0.2, 0.25) is 0 Å². The van der Waals surface area contributed by atoms with E-state index in [4.69, 9.17) is 218 Å². The Morgan fingerprint density at radius 2 is 0.514 bits per heavy atom. The molecule has 0 aliphatic heterocycles. The summed E-state index contributed by atoms with van der Waals surface area (Å²) < 4.78 is 8.23. The Balaban J connectivity index is 1.45. The zero-order valence-corrected chi connectivity index (χ0v) is 38.7. The SMILES string of the molecule is [B]c1c([B])c([B])c(-c2nc(-c3c([B])c([B])c([B])c([B])c3[B])nc(-c3c([B])c([B])c([B])c4oc5c(-n6c7c([B])c([B])c([B])c([B])c7c7c([B])c8c([B])c([B])c([B])c([B])c8c([B])c76)c([B])c([B])c([B])c5c34)n2)c([B])c1[B]. The first-order valence-corrected chi connectivity index (χ1v) is 21.4. The molecule has 0 unspecified atom stereocenters. The lowest BCUT2D eigenvalue weighted by molar-refractivity contribution is 0.670. The van der Waals surface area contributed by atoms with E-state index in [1.807, 2.05) is 0 Å². The lowest BCUT2D eigenvalue weighted by atomic mass is 9.60. The second kappa shape index (κ2) is 17.8. The van der Waals surface area contributed by atoms with E-state index in [0.717, 1.165) is 0 Å². The Labute approximate surface area is 461 Å². The van der Waals surface area contributed by atoms with Crippen molar-refractivity contribution in [2.45, 2.75) is 0 Å². The normalized spacial score (nSPS) is 11.8. The second-order valence-corrected chi connectivity index (χ2v) is 17.6. The first-order valence-electron chi connectivity index (χ1n) is 21.4. The zero-order valence-electron chi connectivity index (χ0n) is 38.7. The van der Waals surface area contributed by atoms with E-state index in [-0.39, 0.29) is 236 Å². The Morgan fingerprint density at radius 3 is 0.973 bits per heavy atom. The average Bonchev–Trinajstić information content (AvgIpc) is 3.95. The quantitative estimate of drug-likeness (QED) is 0.165. The second-order valence-electron chi connectivity index (χ2n) is 17.6. The summed E-state index contributed by atoms with van der Waals surface area (Å²) in [5, 5.41) is 0.463. The molecule has 0 bridgehead atoms. The number of hydrogen-bond donors (Lipinski definition) is 0. The molecule has 52 radical (unpaired) electrons. The molecule has 0 saturated carbocycles. The molecule has 0 N–H and O–H groups in total. The minimum Gasteiger partial charge on any atom is -0.455 e. The molecule has 0 aliphatic rings. The third-order valence-electron chi connectivity index (χ3n) is 13.8. The average molecular weight is 870 g/mol. The third kappa shape index (κ3) is 6.84. The van der Waals surface area contributed by atoms with Crippen molar-refractivity contribution in [1.82, 2.24) is 19.5 Å². The summed E-state index contributed by atoms with van der Waals surface area (Å²) in [5.74, 6) is -0.904. The topological polar surface area (TPSA) is 56.7 Å². The predicted octanol–water partition coefficient (Wildman–Crippen LogP) is -20.3. The van der Waals surface area contributed by atoms with Gasteiger partial charge >= 0.3 is 0 Å². The highest BCUT2D eigenvalue weighted by Gasteiger charge is 2.31. The van der Waals surface area contributed by atoms with E-state index < -0.39 is 0 Å². The van der Waals surface area contributed by atoms with Crippen LogP contribution in [-0.4, -0.2) is 224 Å². The van der Waals surface area contributed by atoms with Crippen molar-refractivity contribution < 1.29 is 4.42 Å². The van der Waals surface area contributed by atoms with Crippen LogP contribution in [0.3, 0.4) is 0 Å². The van der Waals surface area contributed by atoms with Crippen molar-refractivity contribution in [3.63, 3.8) is 0 Å². The third-order valence-corrected chi connectivity index (χ3v) is 13.8. The number of hydrogen-bond acceptors (Lipinski definition) is 4. The van der Waals surface area contributed by atoms with Gasteiger partial charge in [0.05, 0.1) is 5.69 Å². The van der Waals surface area contributed by atoms with Crippen molar-refractivity contribution in [2.75, 3.05) is 0 Å². The number of nitrogens with zero attached hydrogens (tertiary/aromatic N) is 4. The van der Waals surface area contributed by atoms with Crippen molar-refractivity contribution in [3.8, 4) is 39.9 Å². The molecule has 10 rings (SSSR count). The van der Waals surface area contributed by atoms with Crippen LogP contribution >= 0.6 is 0 Å². The van der Waals surface area contributed by atoms with Gasteiger partial charge in [0.25, 0.3) is 0 Å². The smallest absolute Gasteiger partial charge is 0.164 e. The molecule has 7 aromatic carbocycles. The molecule has 74 heavy (non-hydrogen) atoms. The molecule has 0 amide bonds. The van der Waals surface area contributed by atoms with Gasteiger partial charge in [-0.2, -0.15) is 0 Å². The van der Waals surface area contributed by atoms with Crippen LogP contribution in [0.1, 0.15) is 0 Å². The molecular weight excluding hydrogens is 870 g/mol. The lowest BCUT2D eigenvalue weighted by Crippen LogP contribution is -2.55. The molecule has 0 spiro atoms. The molecule has 3 aromatic heterocycles. The van der Waals surface area contributed by atoms with Gasteiger partial charge in [0, 0.05) is 43.9 Å². The fourth-order valence-electron chi connectivity index (χ4n) is 9.71. The molecule has 10 aromatic rings. The Hall–Kier alpha value is -4.90. The molecular formula is C43B26N4O. The zero-order chi connectivity index (χ0) is 54.2. The maximum atomic E-state index is 7.18. The highest BCUT2D eigenvalue weighted by Crippen LogP contribution is 2.37. The molecule has 5 nitrogen and oxygen atoms in total. The molecule has 276 valence electrons. The minimum atomic E-state index is -0.315. The predicted molar refractivity (Wildman–Crippen MR) is 335 cm³/mol. The lowest BCUT2D eigenvalue weighted by Gasteiger charge is -2.24. The fraction of sp³-hybridized carbons (Fsp3) is 0. The number of fused-ring (bicyclic) bond motifs is 7. The van der Waals surface area contributed by atoms with Crippen molar-refractivity contribution in [3.05, 3.63) is 0 Å². The Kier molecular flexibility index (Phi) is 12.7. The molecule has 0 atom stereocenters. The molecule has 0 aliphatic carbocycles. The van der Waals surface area contributed by atoms with E-state index >= 15 is 0 Å². The van der Waals surface area contributed by atoms with Crippen LogP contribution < -0.4 is 142 Å². The summed E-state index contributed by atoms with van der Waals surface area (Å²) in [4.78, 5) is 14.3. The largest absolute Gasteiger partial charge is 0.455 e. The van der Waals surface area contributed by atoms with Crippen LogP contribution in [0.15, 0.2) is 4.42 Å². The molecule has 0 fully saturated rings. The van der Waals surface area contributed by atoms with E-state index in [1.54, 1.807) is 0 Å². The number of benzene rings is 7. The van der Waals surface area contributed by atoms with Gasteiger partial charge in [0.1, 0.15) is 210 Å². The van der Waals surface area contributed by atoms with Crippen LogP contribution in [0.5, 0.6) is 0 Å². The van der Waals surface area contributed by atoms with Crippen LogP contribution in [0.4, 0.5) is 0 Å². The van der Waals surface area contributed by atoms with Crippen molar-refractivity contribution >= 4 is 401 Å². The van der Waals surface area contributed by atoms with Crippen molar-refractivity contribution in [1.29, 1.82) is 0 Å². The highest BCUT2D eigenvalue weighted by molar-refractivity contribution is 6.75. The van der Waals surface area contributed by atoms with Gasteiger partial charge < -0.3 is 8.98 Å². The number of aromatic nitrogens is 4. The van der Waals surface area contributed by atoms with Gasteiger partial charge in [-0.3, -0.25) is 0 Å². The Bertz CT molecular complexity index is 4190. The minimum absolute atomic E-state index is 0.0116. The number of furan rings is 1. The van der Waals surface area contributed by atoms with Crippen molar-refractivity contribution in [2.24, 2.45) is 0 Å². The van der Waals surface area contributed by atoms with Crippen LogP contribution in [0, 0.1) is 0 Å². The van der Waals surface area contributed by atoms with Gasteiger partial charge in [-0.25, -0.2) is 15.0 Å². The maximum Gasteiger partial charge on any atom is 0.164 e. The van der Waals surface area contributed by atoms with Crippen LogP contribution in [-0.2, 0) is 0 Å². The number of rotatable bonds is 4. The monoisotopic (exact) mass is 874 g/mol. The summed E-state index contributed by atoms with van der Waals surface area (Å²) in [7, 11) is 173. The first-order chi connectivity index (χ1) is 34.6. The summed E-state index contributed by atoms with van der Waals surface area (Å²) in [6, 6.07) is 0. The van der Waals surface area contributed by atoms with Gasteiger partial charge in [-0.05, 0) is 16.2 Å². The maximum absolute atomic E-state index is 7.18. The Morgan fingerprint density at radius 1 is 0.216 bits per heavy atom. The fourth-order valence-corrected chi connectivity index (χ4v) is 9.71. The van der Waals surface area contributed by atoms with Gasteiger partial charge in [-0.15, -0.1) is 65.6 Å². The van der Waals surface area contributed by atoms with Crippen LogP contribution in [0.2, 0.25) is 0 Å². The summed E-state index contributed by atoms with van der Waals surface area (Å²) in [6.45, 7) is 0. The van der Waals surface area contributed by atoms with E-state index in [0.29, 0.717) is 0 Å². The van der Waals surface area contributed by atoms with E-state index in [1.165, 1.54) is 4.57 Å².